The van der Waals surface area contributed by atoms with Gasteiger partial charge < -0.3 is 4.90 Å². The van der Waals surface area contributed by atoms with Gasteiger partial charge in [-0.15, -0.1) is 11.6 Å². The monoisotopic (exact) mass is 239 g/mol. The van der Waals surface area contributed by atoms with E-state index >= 15 is 0 Å². The first-order valence-corrected chi connectivity index (χ1v) is 6.23. The molecule has 1 rings (SSSR count). The number of halogens is 1. The second-order valence-electron chi connectivity index (χ2n) is 5.68. The predicted octanol–water partition coefficient (Wildman–Crippen LogP) is 4.22. The van der Waals surface area contributed by atoms with Crippen LogP contribution in [0.25, 0.3) is 0 Å². The predicted molar refractivity (Wildman–Crippen MR) is 73.5 cm³/mol. The smallest absolute Gasteiger partial charge is 0.0494 e. The Morgan fingerprint density at radius 2 is 1.88 bits per heavy atom. The molecular formula is C14H22ClN. The highest BCUT2D eigenvalue weighted by molar-refractivity contribution is 6.17. The average Bonchev–Trinajstić information content (AvgIpc) is 2.14. The maximum absolute atomic E-state index is 5.99. The number of aryl methyl sites for hydroxylation is 1. The van der Waals surface area contributed by atoms with Crippen molar-refractivity contribution in [3.05, 3.63) is 29.3 Å². The minimum absolute atomic E-state index is 0.295. The minimum atomic E-state index is 0.295. The molecule has 0 saturated heterocycles. The van der Waals surface area contributed by atoms with Crippen LogP contribution in [0.2, 0.25) is 0 Å². The first-order valence-electron chi connectivity index (χ1n) is 5.70. The molecule has 0 heterocycles. The van der Waals surface area contributed by atoms with Crippen LogP contribution in [0.1, 0.15) is 31.9 Å². The minimum Gasteiger partial charge on any atom is -0.374 e. The fourth-order valence-corrected chi connectivity index (χ4v) is 2.20. The third-order valence-corrected chi connectivity index (χ3v) is 2.79. The van der Waals surface area contributed by atoms with Gasteiger partial charge in [0.1, 0.15) is 0 Å². The number of hydrogen-bond donors (Lipinski definition) is 0. The first kappa shape index (κ1) is 13.4. The molecule has 0 bridgehead atoms. The zero-order valence-electron chi connectivity index (χ0n) is 11.0. The molecule has 0 aliphatic heterocycles. The van der Waals surface area contributed by atoms with Gasteiger partial charge in [0.15, 0.2) is 0 Å². The summed E-state index contributed by atoms with van der Waals surface area (Å²) in [6.07, 6.45) is 0. The highest BCUT2D eigenvalue weighted by Gasteiger charge is 2.15. The Bertz CT molecular complexity index is 352. The Labute approximate surface area is 104 Å². The topological polar surface area (TPSA) is 3.24 Å². The van der Waals surface area contributed by atoms with E-state index in [-0.39, 0.29) is 0 Å². The van der Waals surface area contributed by atoms with E-state index < -0.39 is 0 Å². The van der Waals surface area contributed by atoms with Crippen LogP contribution in [-0.2, 0) is 5.88 Å². The lowest BCUT2D eigenvalue weighted by Crippen LogP contribution is -2.29. The quantitative estimate of drug-likeness (QED) is 0.714. The lowest BCUT2D eigenvalue weighted by atomic mass is 9.95. The molecule has 0 amide bonds. The molecule has 1 aromatic rings. The summed E-state index contributed by atoms with van der Waals surface area (Å²) in [4.78, 5) is 2.29. The SMILES string of the molecule is Cc1ccc(N(C)CC(C)(C)C)c(CCl)c1. The van der Waals surface area contributed by atoms with Gasteiger partial charge in [0.2, 0.25) is 0 Å². The molecule has 90 valence electrons. The van der Waals surface area contributed by atoms with Gasteiger partial charge in [-0.3, -0.25) is 0 Å². The summed E-state index contributed by atoms with van der Waals surface area (Å²) in [5, 5.41) is 0. The van der Waals surface area contributed by atoms with E-state index in [0.717, 1.165) is 6.54 Å². The van der Waals surface area contributed by atoms with Crippen LogP contribution in [0, 0.1) is 12.3 Å². The van der Waals surface area contributed by atoms with Crippen molar-refractivity contribution in [2.24, 2.45) is 5.41 Å². The van der Waals surface area contributed by atoms with Crippen molar-refractivity contribution < 1.29 is 0 Å². The third kappa shape index (κ3) is 3.71. The standard InChI is InChI=1S/C14H22ClN/c1-11-6-7-13(12(8-11)9-15)16(5)10-14(2,3)4/h6-8H,9-10H2,1-5H3. The number of nitrogens with zero attached hydrogens (tertiary/aromatic N) is 1. The van der Waals surface area contributed by atoms with Gasteiger partial charge in [0.25, 0.3) is 0 Å². The van der Waals surface area contributed by atoms with E-state index in [9.17, 15) is 0 Å². The Hall–Kier alpha value is -0.690. The van der Waals surface area contributed by atoms with Crippen LogP contribution in [0.5, 0.6) is 0 Å². The van der Waals surface area contributed by atoms with Crippen LogP contribution in [0.15, 0.2) is 18.2 Å². The number of hydrogen-bond acceptors (Lipinski definition) is 1. The van der Waals surface area contributed by atoms with Gasteiger partial charge in [-0.25, -0.2) is 0 Å². The molecule has 0 aliphatic carbocycles. The molecule has 0 N–H and O–H groups in total. The molecule has 1 aromatic carbocycles. The van der Waals surface area contributed by atoms with Gasteiger partial charge in [-0.2, -0.15) is 0 Å². The van der Waals surface area contributed by atoms with Crippen LogP contribution in [-0.4, -0.2) is 13.6 Å². The average molecular weight is 240 g/mol. The molecule has 0 unspecified atom stereocenters. The van der Waals surface area contributed by atoms with Crippen LogP contribution < -0.4 is 4.90 Å². The van der Waals surface area contributed by atoms with Gasteiger partial charge in [0, 0.05) is 25.2 Å². The van der Waals surface area contributed by atoms with E-state index in [1.165, 1.54) is 16.8 Å². The van der Waals surface area contributed by atoms with Crippen molar-refractivity contribution in [2.75, 3.05) is 18.5 Å². The van der Waals surface area contributed by atoms with Gasteiger partial charge in [-0.05, 0) is 24.0 Å². The van der Waals surface area contributed by atoms with Gasteiger partial charge in [-0.1, -0.05) is 38.5 Å². The summed E-state index contributed by atoms with van der Waals surface area (Å²) in [6, 6.07) is 6.48. The molecule has 0 saturated carbocycles. The summed E-state index contributed by atoms with van der Waals surface area (Å²) in [7, 11) is 2.13. The molecule has 0 aliphatic rings. The highest BCUT2D eigenvalue weighted by atomic mass is 35.5. The third-order valence-electron chi connectivity index (χ3n) is 2.50. The zero-order chi connectivity index (χ0) is 12.3. The maximum atomic E-state index is 5.99. The Morgan fingerprint density at radius 3 is 2.38 bits per heavy atom. The second-order valence-corrected chi connectivity index (χ2v) is 5.95. The summed E-state index contributed by atoms with van der Waals surface area (Å²) in [5.41, 5.74) is 4.02. The molecule has 0 spiro atoms. The van der Waals surface area contributed by atoms with Crippen molar-refractivity contribution in [1.29, 1.82) is 0 Å². The molecule has 16 heavy (non-hydrogen) atoms. The summed E-state index contributed by atoms with van der Waals surface area (Å²) >= 11 is 5.99. The molecular weight excluding hydrogens is 218 g/mol. The molecule has 0 fully saturated rings. The lowest BCUT2D eigenvalue weighted by Gasteiger charge is -2.29. The van der Waals surface area contributed by atoms with E-state index in [1.807, 2.05) is 0 Å². The molecule has 0 atom stereocenters. The normalized spacial score (nSPS) is 11.6. The van der Waals surface area contributed by atoms with Gasteiger partial charge in [0.05, 0.1) is 0 Å². The summed E-state index contributed by atoms with van der Waals surface area (Å²) in [5.74, 6) is 0.575. The maximum Gasteiger partial charge on any atom is 0.0494 e. The summed E-state index contributed by atoms with van der Waals surface area (Å²) < 4.78 is 0. The second kappa shape index (κ2) is 5.09. The molecule has 2 heteroatoms. The van der Waals surface area contributed by atoms with E-state index in [0.29, 0.717) is 11.3 Å². The van der Waals surface area contributed by atoms with E-state index in [1.54, 1.807) is 0 Å². The fraction of sp³-hybridized carbons (Fsp3) is 0.571. The van der Waals surface area contributed by atoms with Gasteiger partial charge >= 0.3 is 0 Å². The molecule has 0 radical (unpaired) electrons. The van der Waals surface area contributed by atoms with E-state index in [4.69, 9.17) is 11.6 Å². The summed E-state index contributed by atoms with van der Waals surface area (Å²) in [6.45, 7) is 9.87. The molecule has 1 nitrogen and oxygen atoms in total. The van der Waals surface area contributed by atoms with Crippen molar-refractivity contribution in [1.82, 2.24) is 0 Å². The van der Waals surface area contributed by atoms with E-state index in [2.05, 4.69) is 57.8 Å². The Morgan fingerprint density at radius 1 is 1.25 bits per heavy atom. The number of rotatable bonds is 3. The number of anilines is 1. The largest absolute Gasteiger partial charge is 0.374 e. The van der Waals surface area contributed by atoms with Crippen molar-refractivity contribution in [3.8, 4) is 0 Å². The lowest BCUT2D eigenvalue weighted by molar-refractivity contribution is 0.419. The number of benzene rings is 1. The molecule has 0 aromatic heterocycles. The van der Waals surface area contributed by atoms with Crippen molar-refractivity contribution >= 4 is 17.3 Å². The van der Waals surface area contributed by atoms with Crippen LogP contribution >= 0.6 is 11.6 Å². The fourth-order valence-electron chi connectivity index (χ4n) is 1.99. The number of alkyl halides is 1. The Balaban J connectivity index is 2.94. The zero-order valence-corrected chi connectivity index (χ0v) is 11.7. The first-order chi connectivity index (χ1) is 7.33. The van der Waals surface area contributed by atoms with Crippen molar-refractivity contribution in [3.63, 3.8) is 0 Å². The van der Waals surface area contributed by atoms with Crippen LogP contribution in [0.3, 0.4) is 0 Å². The Kier molecular flexibility index (Phi) is 4.26. The van der Waals surface area contributed by atoms with Crippen LogP contribution in [0.4, 0.5) is 5.69 Å². The van der Waals surface area contributed by atoms with Crippen molar-refractivity contribution in [2.45, 2.75) is 33.6 Å². The highest BCUT2D eigenvalue weighted by Crippen LogP contribution is 2.25.